The van der Waals surface area contributed by atoms with Gasteiger partial charge in [0.2, 0.25) is 5.91 Å². The molecule has 2 N–H and O–H groups in total. The van der Waals surface area contributed by atoms with E-state index in [0.717, 1.165) is 30.9 Å². The number of carbonyl (C=O) groups is 1. The van der Waals surface area contributed by atoms with Crippen molar-refractivity contribution < 1.29 is 9.53 Å². The molecule has 2 rings (SSSR count). The second-order valence-corrected chi connectivity index (χ2v) is 5.64. The van der Waals surface area contributed by atoms with Gasteiger partial charge in [-0.25, -0.2) is 0 Å². The van der Waals surface area contributed by atoms with E-state index in [1.54, 1.807) is 0 Å². The first kappa shape index (κ1) is 14.9. The molecule has 1 amide bonds. The minimum absolute atomic E-state index is 0.0921. The zero-order chi connectivity index (χ0) is 14.4. The molecule has 1 unspecified atom stereocenters. The third kappa shape index (κ3) is 4.85. The van der Waals surface area contributed by atoms with Gasteiger partial charge >= 0.3 is 0 Å². The van der Waals surface area contributed by atoms with E-state index in [4.69, 9.17) is 4.74 Å². The Morgan fingerprint density at radius 3 is 2.75 bits per heavy atom. The first-order chi connectivity index (χ1) is 9.63. The van der Waals surface area contributed by atoms with Crippen LogP contribution in [0.1, 0.15) is 33.1 Å². The van der Waals surface area contributed by atoms with Crippen LogP contribution in [0.4, 0.5) is 5.69 Å². The van der Waals surface area contributed by atoms with Crippen LogP contribution in [-0.4, -0.2) is 25.1 Å². The Hall–Kier alpha value is -1.55. The summed E-state index contributed by atoms with van der Waals surface area (Å²) >= 11 is 0. The summed E-state index contributed by atoms with van der Waals surface area (Å²) in [6.45, 7) is 6.12. The van der Waals surface area contributed by atoms with Gasteiger partial charge in [0.05, 0.1) is 6.10 Å². The Kier molecular flexibility index (Phi) is 5.41. The van der Waals surface area contributed by atoms with Crippen LogP contribution in [0.3, 0.4) is 0 Å². The van der Waals surface area contributed by atoms with Crippen molar-refractivity contribution in [2.75, 3.05) is 18.4 Å². The number of nitrogens with one attached hydrogen (secondary N) is 2. The first-order valence-electron chi connectivity index (χ1n) is 7.41. The lowest BCUT2D eigenvalue weighted by Crippen LogP contribution is -2.15. The van der Waals surface area contributed by atoms with Crippen LogP contribution in [0.15, 0.2) is 24.3 Å². The fourth-order valence-electron chi connectivity index (χ4n) is 2.41. The van der Waals surface area contributed by atoms with Gasteiger partial charge in [0.1, 0.15) is 5.75 Å². The monoisotopic (exact) mass is 276 g/mol. The number of anilines is 1. The summed E-state index contributed by atoms with van der Waals surface area (Å²) in [5.74, 6) is 1.58. The molecule has 0 saturated carbocycles. The topological polar surface area (TPSA) is 50.4 Å². The summed E-state index contributed by atoms with van der Waals surface area (Å²) in [6, 6.07) is 7.53. The quantitative estimate of drug-likeness (QED) is 0.840. The summed E-state index contributed by atoms with van der Waals surface area (Å²) in [5, 5.41) is 6.25. The van der Waals surface area contributed by atoms with Gasteiger partial charge < -0.3 is 15.4 Å². The third-order valence-electron chi connectivity index (χ3n) is 3.45. The van der Waals surface area contributed by atoms with Gasteiger partial charge in [-0.3, -0.25) is 4.79 Å². The molecular weight excluding hydrogens is 252 g/mol. The zero-order valence-electron chi connectivity index (χ0n) is 12.3. The molecule has 0 bridgehead atoms. The molecule has 1 saturated heterocycles. The fourth-order valence-corrected chi connectivity index (χ4v) is 2.41. The second-order valence-electron chi connectivity index (χ2n) is 5.64. The summed E-state index contributed by atoms with van der Waals surface area (Å²) in [4.78, 5) is 11.9. The molecule has 1 fully saturated rings. The smallest absolute Gasteiger partial charge is 0.224 e. The molecule has 110 valence electrons. The van der Waals surface area contributed by atoms with Gasteiger partial charge in [-0.15, -0.1) is 0 Å². The van der Waals surface area contributed by atoms with E-state index in [9.17, 15) is 4.79 Å². The highest BCUT2D eigenvalue weighted by Gasteiger charge is 2.15. The van der Waals surface area contributed by atoms with Gasteiger partial charge in [0, 0.05) is 12.1 Å². The van der Waals surface area contributed by atoms with E-state index in [-0.39, 0.29) is 12.0 Å². The van der Waals surface area contributed by atoms with E-state index >= 15 is 0 Å². The van der Waals surface area contributed by atoms with Crippen molar-refractivity contribution in [3.05, 3.63) is 24.3 Å². The predicted molar refractivity (Wildman–Crippen MR) is 81.0 cm³/mol. The minimum atomic E-state index is 0.0921. The number of carbonyl (C=O) groups excluding carboxylic acids is 1. The number of hydrogen-bond donors (Lipinski definition) is 2. The highest BCUT2D eigenvalue weighted by molar-refractivity contribution is 5.90. The number of benzene rings is 1. The highest BCUT2D eigenvalue weighted by Crippen LogP contribution is 2.18. The molecule has 1 aromatic carbocycles. The van der Waals surface area contributed by atoms with Crippen molar-refractivity contribution in [1.29, 1.82) is 0 Å². The summed E-state index contributed by atoms with van der Waals surface area (Å²) < 4.78 is 5.57. The van der Waals surface area contributed by atoms with E-state index < -0.39 is 0 Å². The van der Waals surface area contributed by atoms with Crippen molar-refractivity contribution in [3.63, 3.8) is 0 Å². The number of rotatable bonds is 6. The third-order valence-corrected chi connectivity index (χ3v) is 3.45. The Labute approximate surface area is 120 Å². The molecule has 1 aliphatic rings. The Morgan fingerprint density at radius 1 is 1.40 bits per heavy atom. The standard InChI is InChI=1S/C16H24N2O2/c1-12(2)20-15-6-4-14(5-7-15)18-16(19)8-3-13-9-10-17-11-13/h4-7,12-13,17H,3,8-11H2,1-2H3,(H,18,19). The maximum absolute atomic E-state index is 11.9. The average molecular weight is 276 g/mol. The molecule has 4 nitrogen and oxygen atoms in total. The Bertz CT molecular complexity index is 423. The van der Waals surface area contributed by atoms with Crippen LogP contribution in [0.2, 0.25) is 0 Å². The maximum Gasteiger partial charge on any atom is 0.224 e. The predicted octanol–water partition coefficient (Wildman–Crippen LogP) is 2.80. The van der Waals surface area contributed by atoms with Crippen molar-refractivity contribution in [1.82, 2.24) is 5.32 Å². The number of hydrogen-bond acceptors (Lipinski definition) is 3. The van der Waals surface area contributed by atoms with Crippen molar-refractivity contribution >= 4 is 11.6 Å². The van der Waals surface area contributed by atoms with Crippen LogP contribution in [0.5, 0.6) is 5.75 Å². The molecule has 0 spiro atoms. The Balaban J connectivity index is 1.75. The summed E-state index contributed by atoms with van der Waals surface area (Å²) in [7, 11) is 0. The first-order valence-corrected chi connectivity index (χ1v) is 7.41. The normalized spacial score (nSPS) is 18.2. The summed E-state index contributed by atoms with van der Waals surface area (Å²) in [5.41, 5.74) is 0.829. The van der Waals surface area contributed by atoms with E-state index in [2.05, 4.69) is 10.6 Å². The van der Waals surface area contributed by atoms with Gasteiger partial charge in [0.15, 0.2) is 0 Å². The van der Waals surface area contributed by atoms with Gasteiger partial charge in [0.25, 0.3) is 0 Å². The Morgan fingerprint density at radius 2 is 2.15 bits per heavy atom. The second kappa shape index (κ2) is 7.29. The minimum Gasteiger partial charge on any atom is -0.491 e. The van der Waals surface area contributed by atoms with Crippen LogP contribution in [-0.2, 0) is 4.79 Å². The lowest BCUT2D eigenvalue weighted by molar-refractivity contribution is -0.116. The molecule has 1 atom stereocenters. The van der Waals surface area contributed by atoms with Gasteiger partial charge in [-0.05, 0) is 70.0 Å². The van der Waals surface area contributed by atoms with Crippen LogP contribution in [0, 0.1) is 5.92 Å². The van der Waals surface area contributed by atoms with E-state index in [1.807, 2.05) is 38.1 Å². The van der Waals surface area contributed by atoms with Crippen molar-refractivity contribution in [2.45, 2.75) is 39.2 Å². The van der Waals surface area contributed by atoms with Crippen molar-refractivity contribution in [3.8, 4) is 5.75 Å². The van der Waals surface area contributed by atoms with E-state index in [0.29, 0.717) is 12.3 Å². The van der Waals surface area contributed by atoms with Crippen LogP contribution >= 0.6 is 0 Å². The zero-order valence-corrected chi connectivity index (χ0v) is 12.3. The largest absolute Gasteiger partial charge is 0.491 e. The average Bonchev–Trinajstić information content (AvgIpc) is 2.91. The molecule has 0 radical (unpaired) electrons. The molecule has 1 aromatic rings. The van der Waals surface area contributed by atoms with Gasteiger partial charge in [-0.2, -0.15) is 0 Å². The van der Waals surface area contributed by atoms with E-state index in [1.165, 1.54) is 6.42 Å². The molecule has 0 aromatic heterocycles. The lowest BCUT2D eigenvalue weighted by atomic mass is 10.0. The fraction of sp³-hybridized carbons (Fsp3) is 0.562. The SMILES string of the molecule is CC(C)Oc1ccc(NC(=O)CCC2CCNC2)cc1. The molecule has 20 heavy (non-hydrogen) atoms. The number of ether oxygens (including phenoxy) is 1. The lowest BCUT2D eigenvalue weighted by Gasteiger charge is -2.11. The van der Waals surface area contributed by atoms with Crippen molar-refractivity contribution in [2.24, 2.45) is 5.92 Å². The van der Waals surface area contributed by atoms with Gasteiger partial charge in [-0.1, -0.05) is 0 Å². The molecule has 4 heteroatoms. The number of amides is 1. The molecule has 0 aliphatic carbocycles. The summed E-state index contributed by atoms with van der Waals surface area (Å²) in [6.07, 6.45) is 2.91. The van der Waals surface area contributed by atoms with Crippen LogP contribution in [0.25, 0.3) is 0 Å². The molecular formula is C16H24N2O2. The molecule has 1 aliphatic heterocycles. The molecule has 1 heterocycles. The highest BCUT2D eigenvalue weighted by atomic mass is 16.5. The van der Waals surface area contributed by atoms with Crippen LogP contribution < -0.4 is 15.4 Å². The maximum atomic E-state index is 11.9.